The van der Waals surface area contributed by atoms with Crippen molar-refractivity contribution >= 4 is 21.8 Å². The Balaban J connectivity index is 2.03. The van der Waals surface area contributed by atoms with Crippen molar-refractivity contribution in [3.63, 3.8) is 0 Å². The van der Waals surface area contributed by atoms with Crippen LogP contribution in [0.2, 0.25) is 0 Å². The number of hydrogen-bond donors (Lipinski definition) is 2. The summed E-state index contributed by atoms with van der Waals surface area (Å²) in [7, 11) is -3.66. The summed E-state index contributed by atoms with van der Waals surface area (Å²) in [6.45, 7) is 0. The first kappa shape index (κ1) is 14.8. The van der Waals surface area contributed by atoms with Gasteiger partial charge < -0.3 is 5.73 Å². The van der Waals surface area contributed by atoms with Gasteiger partial charge in [-0.25, -0.2) is 13.6 Å². The Morgan fingerprint density at radius 3 is 2.53 bits per heavy atom. The fourth-order valence-corrected chi connectivity index (χ4v) is 4.68. The van der Waals surface area contributed by atoms with E-state index in [1.807, 2.05) is 6.07 Å². The Hall–Kier alpha value is -0.560. The summed E-state index contributed by atoms with van der Waals surface area (Å²) in [6.07, 6.45) is 4.91. The summed E-state index contributed by atoms with van der Waals surface area (Å²) in [5.41, 5.74) is 6.18. The molecule has 19 heavy (non-hydrogen) atoms. The molecule has 0 aliphatic heterocycles. The van der Waals surface area contributed by atoms with Crippen LogP contribution in [0.5, 0.6) is 0 Å². The van der Waals surface area contributed by atoms with E-state index in [0.29, 0.717) is 10.8 Å². The van der Waals surface area contributed by atoms with Crippen LogP contribution in [0, 0.1) is 5.92 Å². The molecule has 106 valence electrons. The highest BCUT2D eigenvalue weighted by Crippen LogP contribution is 2.31. The molecule has 0 saturated heterocycles. The Morgan fingerprint density at radius 1 is 1.26 bits per heavy atom. The van der Waals surface area contributed by atoms with Crippen LogP contribution in [0.1, 0.15) is 25.7 Å². The van der Waals surface area contributed by atoms with Crippen LogP contribution in [0.15, 0.2) is 34.1 Å². The molecule has 0 bridgehead atoms. The Labute approximate surface area is 119 Å². The van der Waals surface area contributed by atoms with E-state index in [0.717, 1.165) is 5.75 Å². The zero-order chi connectivity index (χ0) is 13.9. The summed E-state index contributed by atoms with van der Waals surface area (Å²) in [5, 5.41) is 5.21. The molecule has 0 radical (unpaired) electrons. The van der Waals surface area contributed by atoms with Crippen molar-refractivity contribution in [2.24, 2.45) is 16.8 Å². The summed E-state index contributed by atoms with van der Waals surface area (Å²) < 4.78 is 23.0. The third-order valence-corrected chi connectivity index (χ3v) is 5.91. The maximum Gasteiger partial charge on any atom is 0.239 e. The first-order valence-corrected chi connectivity index (χ1v) is 9.02. The van der Waals surface area contributed by atoms with Crippen LogP contribution in [0.4, 0.5) is 0 Å². The number of thioether (sulfide) groups is 1. The molecule has 6 heteroatoms. The van der Waals surface area contributed by atoms with E-state index < -0.39 is 10.0 Å². The Morgan fingerprint density at radius 2 is 1.89 bits per heavy atom. The minimum atomic E-state index is -3.66. The lowest BCUT2D eigenvalue weighted by Crippen LogP contribution is -2.30. The number of primary sulfonamides is 1. The highest BCUT2D eigenvalue weighted by atomic mass is 32.2. The number of rotatable bonds is 5. The number of sulfonamides is 1. The molecular weight excluding hydrogens is 280 g/mol. The normalized spacial score (nSPS) is 18.6. The van der Waals surface area contributed by atoms with E-state index in [4.69, 9.17) is 10.9 Å². The summed E-state index contributed by atoms with van der Waals surface area (Å²) in [6, 6.07) is 6.95. The fraction of sp³-hybridized carbons (Fsp3) is 0.538. The van der Waals surface area contributed by atoms with E-state index in [-0.39, 0.29) is 10.9 Å². The van der Waals surface area contributed by atoms with Crippen molar-refractivity contribution in [2.45, 2.75) is 41.5 Å². The molecule has 1 aliphatic carbocycles. The minimum absolute atomic E-state index is 0.126. The quantitative estimate of drug-likeness (QED) is 0.814. The van der Waals surface area contributed by atoms with Gasteiger partial charge in [-0.2, -0.15) is 0 Å². The minimum Gasteiger partial charge on any atom is -0.327 e. The Kier molecular flexibility index (Phi) is 4.89. The lowest BCUT2D eigenvalue weighted by molar-refractivity contribution is 0.463. The van der Waals surface area contributed by atoms with Gasteiger partial charge in [-0.1, -0.05) is 25.0 Å². The molecule has 0 aromatic heterocycles. The second kappa shape index (κ2) is 6.26. The van der Waals surface area contributed by atoms with E-state index in [1.165, 1.54) is 37.4 Å². The van der Waals surface area contributed by atoms with Gasteiger partial charge in [0.15, 0.2) is 0 Å². The number of benzene rings is 1. The van der Waals surface area contributed by atoms with E-state index in [1.54, 1.807) is 18.2 Å². The fourth-order valence-electron chi connectivity index (χ4n) is 2.51. The van der Waals surface area contributed by atoms with Gasteiger partial charge in [0.25, 0.3) is 0 Å². The average molecular weight is 300 g/mol. The van der Waals surface area contributed by atoms with Crippen molar-refractivity contribution in [1.82, 2.24) is 0 Å². The standard InChI is InChI=1S/C13H20N2O2S2/c14-11(10-5-1-2-6-10)9-18-12-7-3-4-8-13(12)19(15,16)17/h3-4,7-8,10-11H,1-2,5-6,9,14H2,(H2,15,16,17). The first-order valence-electron chi connectivity index (χ1n) is 6.48. The van der Waals surface area contributed by atoms with Crippen molar-refractivity contribution in [3.8, 4) is 0 Å². The molecule has 1 aromatic rings. The largest absolute Gasteiger partial charge is 0.327 e. The molecular formula is C13H20N2O2S2. The number of hydrogen-bond acceptors (Lipinski definition) is 4. The van der Waals surface area contributed by atoms with Crippen LogP contribution in [-0.2, 0) is 10.0 Å². The van der Waals surface area contributed by atoms with Gasteiger partial charge in [0.05, 0.1) is 4.90 Å². The topological polar surface area (TPSA) is 86.2 Å². The summed E-state index contributed by atoms with van der Waals surface area (Å²) in [4.78, 5) is 0.886. The van der Waals surface area contributed by atoms with Crippen LogP contribution in [0.3, 0.4) is 0 Å². The van der Waals surface area contributed by atoms with Gasteiger partial charge in [-0.15, -0.1) is 11.8 Å². The van der Waals surface area contributed by atoms with Gasteiger partial charge in [-0.05, 0) is 30.9 Å². The smallest absolute Gasteiger partial charge is 0.239 e. The van der Waals surface area contributed by atoms with Crippen molar-refractivity contribution < 1.29 is 8.42 Å². The molecule has 1 saturated carbocycles. The molecule has 2 rings (SSSR count). The molecule has 0 heterocycles. The highest BCUT2D eigenvalue weighted by Gasteiger charge is 2.22. The highest BCUT2D eigenvalue weighted by molar-refractivity contribution is 8.00. The van der Waals surface area contributed by atoms with Crippen LogP contribution in [0.25, 0.3) is 0 Å². The Bertz CT molecular complexity index is 525. The predicted molar refractivity (Wildman–Crippen MR) is 78.5 cm³/mol. The molecule has 4 N–H and O–H groups in total. The first-order chi connectivity index (χ1) is 8.98. The van der Waals surface area contributed by atoms with Crippen molar-refractivity contribution in [3.05, 3.63) is 24.3 Å². The third kappa shape index (κ3) is 3.95. The molecule has 1 atom stereocenters. The molecule has 1 fully saturated rings. The van der Waals surface area contributed by atoms with Crippen LogP contribution < -0.4 is 10.9 Å². The van der Waals surface area contributed by atoms with Crippen molar-refractivity contribution in [2.75, 3.05) is 5.75 Å². The van der Waals surface area contributed by atoms with E-state index in [2.05, 4.69) is 0 Å². The predicted octanol–water partition coefficient (Wildman–Crippen LogP) is 1.94. The van der Waals surface area contributed by atoms with Crippen LogP contribution >= 0.6 is 11.8 Å². The molecule has 1 aromatic carbocycles. The lowest BCUT2D eigenvalue weighted by Gasteiger charge is -2.18. The van der Waals surface area contributed by atoms with Gasteiger partial charge in [-0.3, -0.25) is 0 Å². The summed E-state index contributed by atoms with van der Waals surface area (Å²) in [5.74, 6) is 1.31. The third-order valence-electron chi connectivity index (χ3n) is 3.59. The molecule has 4 nitrogen and oxygen atoms in total. The van der Waals surface area contributed by atoms with Gasteiger partial charge in [0.1, 0.15) is 0 Å². The van der Waals surface area contributed by atoms with E-state index >= 15 is 0 Å². The van der Waals surface area contributed by atoms with Crippen molar-refractivity contribution in [1.29, 1.82) is 0 Å². The second-order valence-electron chi connectivity index (χ2n) is 5.01. The van der Waals surface area contributed by atoms with Gasteiger partial charge in [0, 0.05) is 16.7 Å². The van der Waals surface area contributed by atoms with Crippen LogP contribution in [-0.4, -0.2) is 20.2 Å². The zero-order valence-electron chi connectivity index (χ0n) is 10.8. The molecule has 0 spiro atoms. The maximum atomic E-state index is 11.5. The summed E-state index contributed by atoms with van der Waals surface area (Å²) >= 11 is 1.48. The zero-order valence-corrected chi connectivity index (χ0v) is 12.4. The SMILES string of the molecule is NC(CSc1ccccc1S(N)(=O)=O)C1CCCC1. The molecule has 1 aliphatic rings. The van der Waals surface area contributed by atoms with Gasteiger partial charge in [0.2, 0.25) is 10.0 Å². The monoisotopic (exact) mass is 300 g/mol. The number of nitrogens with two attached hydrogens (primary N) is 2. The average Bonchev–Trinajstić information content (AvgIpc) is 2.89. The lowest BCUT2D eigenvalue weighted by atomic mass is 10.0. The molecule has 1 unspecified atom stereocenters. The second-order valence-corrected chi connectivity index (χ2v) is 7.60. The van der Waals surface area contributed by atoms with E-state index in [9.17, 15) is 8.42 Å². The van der Waals surface area contributed by atoms with Gasteiger partial charge >= 0.3 is 0 Å². The maximum absolute atomic E-state index is 11.5. The molecule has 0 amide bonds.